The Kier molecular flexibility index (Phi) is 8.42. The molecule has 0 fully saturated rings. The van der Waals surface area contributed by atoms with Gasteiger partial charge >= 0.3 is 0 Å². The lowest BCUT2D eigenvalue weighted by Crippen LogP contribution is -2.08. The van der Waals surface area contributed by atoms with E-state index in [1.807, 2.05) is 45.0 Å². The van der Waals surface area contributed by atoms with Gasteiger partial charge in [-0.05, 0) is 38.3 Å². The van der Waals surface area contributed by atoms with Crippen LogP contribution in [-0.2, 0) is 14.3 Å². The molecule has 118 valence electrons. The number of hydrogen-bond donors (Lipinski definition) is 1. The molecule has 0 aliphatic carbocycles. The number of allylic oxidation sites excluding steroid dienone is 2. The fourth-order valence-electron chi connectivity index (χ4n) is 1.40. The highest BCUT2D eigenvalue weighted by Crippen LogP contribution is 2.11. The third kappa shape index (κ3) is 6.97. The van der Waals surface area contributed by atoms with Crippen molar-refractivity contribution in [3.63, 3.8) is 0 Å². The first-order valence-corrected chi connectivity index (χ1v) is 7.78. The third-order valence-corrected chi connectivity index (χ3v) is 3.90. The summed E-state index contributed by atoms with van der Waals surface area (Å²) in [7, 11) is 1.60. The normalized spacial score (nSPS) is 12.0. The highest BCUT2D eigenvalue weighted by atomic mass is 32.2. The van der Waals surface area contributed by atoms with Crippen LogP contribution in [0.2, 0.25) is 0 Å². The number of benzene rings is 1. The van der Waals surface area contributed by atoms with Gasteiger partial charge in [-0.2, -0.15) is 8.42 Å². The number of nitrogens with zero attached hydrogens (tertiary/aromatic N) is 1. The van der Waals surface area contributed by atoms with Crippen molar-refractivity contribution in [2.75, 3.05) is 21.2 Å². The summed E-state index contributed by atoms with van der Waals surface area (Å²) in [5, 5.41) is 0. The van der Waals surface area contributed by atoms with Gasteiger partial charge < -0.3 is 10.6 Å². The molecule has 21 heavy (non-hydrogen) atoms. The minimum Gasteiger partial charge on any atom is -0.405 e. The molecule has 1 aromatic rings. The summed E-state index contributed by atoms with van der Waals surface area (Å²) in [5.74, 6) is 0. The van der Waals surface area contributed by atoms with Gasteiger partial charge in [-0.25, -0.2) is 0 Å². The standard InChI is InChI=1S/C8H10O3S.C7H14N2/c1-7-3-5-8(6-4-7)12(9,10)11-2;1-4-7(5-6-8)9(2)3/h3-6H,1-2H3;4-6H,8H2,1-3H3/b;6-5-,7-4+. The van der Waals surface area contributed by atoms with Crippen LogP contribution in [0.4, 0.5) is 0 Å². The Hall–Kier alpha value is -1.79. The quantitative estimate of drug-likeness (QED) is 0.682. The summed E-state index contributed by atoms with van der Waals surface area (Å²) in [6, 6.07) is 6.50. The predicted octanol–water partition coefficient (Wildman–Crippen LogP) is 2.25. The number of nitrogens with two attached hydrogens (primary N) is 1. The van der Waals surface area contributed by atoms with Crippen LogP contribution in [-0.4, -0.2) is 34.5 Å². The van der Waals surface area contributed by atoms with E-state index in [9.17, 15) is 8.42 Å². The molecular formula is C15H24N2O3S. The molecule has 0 amide bonds. The summed E-state index contributed by atoms with van der Waals surface area (Å²) in [6.07, 6.45) is 5.40. The second-order valence-corrected chi connectivity index (χ2v) is 6.11. The number of aryl methyl sites for hydroxylation is 1. The molecule has 0 aliphatic heterocycles. The summed E-state index contributed by atoms with van der Waals surface area (Å²) >= 11 is 0. The predicted molar refractivity (Wildman–Crippen MR) is 86.1 cm³/mol. The van der Waals surface area contributed by atoms with Crippen LogP contribution in [0.25, 0.3) is 0 Å². The zero-order valence-corrected chi connectivity index (χ0v) is 14.0. The van der Waals surface area contributed by atoms with Gasteiger partial charge in [0.1, 0.15) is 0 Å². The van der Waals surface area contributed by atoms with Gasteiger partial charge in [0.15, 0.2) is 0 Å². The molecule has 1 rings (SSSR count). The lowest BCUT2D eigenvalue weighted by Gasteiger charge is -2.11. The van der Waals surface area contributed by atoms with E-state index >= 15 is 0 Å². The molecule has 0 aromatic heterocycles. The van der Waals surface area contributed by atoms with E-state index in [1.54, 1.807) is 12.1 Å². The van der Waals surface area contributed by atoms with E-state index in [2.05, 4.69) is 4.18 Å². The Morgan fingerprint density at radius 2 is 1.76 bits per heavy atom. The van der Waals surface area contributed by atoms with Crippen LogP contribution < -0.4 is 5.73 Å². The number of hydrogen-bond acceptors (Lipinski definition) is 5. The second kappa shape index (κ2) is 9.20. The van der Waals surface area contributed by atoms with E-state index in [0.717, 1.165) is 18.4 Å². The van der Waals surface area contributed by atoms with Gasteiger partial charge in [0, 0.05) is 19.8 Å². The van der Waals surface area contributed by atoms with Gasteiger partial charge in [-0.1, -0.05) is 23.8 Å². The van der Waals surface area contributed by atoms with Crippen LogP contribution in [0.3, 0.4) is 0 Å². The van der Waals surface area contributed by atoms with Crippen molar-refractivity contribution in [3.8, 4) is 0 Å². The van der Waals surface area contributed by atoms with E-state index in [1.165, 1.54) is 18.3 Å². The Labute approximate surface area is 127 Å². The summed E-state index contributed by atoms with van der Waals surface area (Å²) in [5.41, 5.74) is 7.34. The first-order chi connectivity index (χ1) is 9.78. The molecule has 1 aromatic carbocycles. The first kappa shape index (κ1) is 19.2. The highest BCUT2D eigenvalue weighted by molar-refractivity contribution is 7.86. The van der Waals surface area contributed by atoms with Crippen molar-refractivity contribution >= 4 is 10.1 Å². The molecular weight excluding hydrogens is 288 g/mol. The maximum atomic E-state index is 11.1. The molecule has 0 heterocycles. The topological polar surface area (TPSA) is 72.6 Å². The SMILES string of the molecule is C/C=C(\C=C/N)N(C)C.COS(=O)(=O)c1ccc(C)cc1. The van der Waals surface area contributed by atoms with E-state index in [0.29, 0.717) is 0 Å². The monoisotopic (exact) mass is 312 g/mol. The molecule has 0 saturated heterocycles. The van der Waals surface area contributed by atoms with Gasteiger partial charge in [0.05, 0.1) is 12.0 Å². The van der Waals surface area contributed by atoms with Gasteiger partial charge in [-0.3, -0.25) is 4.18 Å². The fourth-order valence-corrected chi connectivity index (χ4v) is 2.07. The van der Waals surface area contributed by atoms with Crippen molar-refractivity contribution < 1.29 is 12.6 Å². The maximum Gasteiger partial charge on any atom is 0.296 e. The molecule has 0 radical (unpaired) electrons. The summed E-state index contributed by atoms with van der Waals surface area (Å²) in [4.78, 5) is 2.19. The van der Waals surface area contributed by atoms with Gasteiger partial charge in [0.25, 0.3) is 10.1 Å². The average Bonchev–Trinajstić information content (AvgIpc) is 2.45. The lowest BCUT2D eigenvalue weighted by atomic mass is 10.2. The Morgan fingerprint density at radius 1 is 1.24 bits per heavy atom. The highest BCUT2D eigenvalue weighted by Gasteiger charge is 2.10. The van der Waals surface area contributed by atoms with Gasteiger partial charge in [0.2, 0.25) is 0 Å². The Bertz CT molecular complexity index is 573. The van der Waals surface area contributed by atoms with Crippen LogP contribution in [0.5, 0.6) is 0 Å². The van der Waals surface area contributed by atoms with Crippen molar-refractivity contribution in [2.24, 2.45) is 5.73 Å². The van der Waals surface area contributed by atoms with Crippen LogP contribution >= 0.6 is 0 Å². The van der Waals surface area contributed by atoms with Gasteiger partial charge in [-0.15, -0.1) is 0 Å². The van der Waals surface area contributed by atoms with E-state index in [4.69, 9.17) is 5.73 Å². The molecule has 0 aliphatic rings. The minimum absolute atomic E-state index is 0.190. The van der Waals surface area contributed by atoms with Crippen LogP contribution in [0.1, 0.15) is 12.5 Å². The molecule has 0 atom stereocenters. The number of rotatable bonds is 4. The molecule has 0 bridgehead atoms. The largest absolute Gasteiger partial charge is 0.405 e. The zero-order valence-electron chi connectivity index (χ0n) is 13.2. The molecule has 2 N–H and O–H groups in total. The molecule has 6 heteroatoms. The van der Waals surface area contributed by atoms with Crippen LogP contribution in [0.15, 0.2) is 53.2 Å². The average molecular weight is 312 g/mol. The van der Waals surface area contributed by atoms with Crippen molar-refractivity contribution in [3.05, 3.63) is 53.9 Å². The van der Waals surface area contributed by atoms with Crippen molar-refractivity contribution in [1.82, 2.24) is 4.90 Å². The van der Waals surface area contributed by atoms with E-state index in [-0.39, 0.29) is 4.90 Å². The number of likely N-dealkylation sites (N-methyl/N-ethyl adjacent to an activating group) is 1. The van der Waals surface area contributed by atoms with Crippen molar-refractivity contribution in [1.29, 1.82) is 0 Å². The van der Waals surface area contributed by atoms with Crippen molar-refractivity contribution in [2.45, 2.75) is 18.7 Å². The fraction of sp³-hybridized carbons (Fsp3) is 0.333. The Morgan fingerprint density at radius 3 is 2.05 bits per heavy atom. The zero-order chi connectivity index (χ0) is 16.5. The smallest absolute Gasteiger partial charge is 0.296 e. The van der Waals surface area contributed by atoms with E-state index < -0.39 is 10.1 Å². The molecule has 0 saturated carbocycles. The summed E-state index contributed by atoms with van der Waals surface area (Å²) in [6.45, 7) is 3.87. The molecule has 0 unspecified atom stereocenters. The molecule has 0 spiro atoms. The molecule has 5 nitrogen and oxygen atoms in total. The minimum atomic E-state index is -3.51. The Balaban J connectivity index is 0.000000400. The van der Waals surface area contributed by atoms with Crippen LogP contribution in [0, 0.1) is 6.92 Å². The lowest BCUT2D eigenvalue weighted by molar-refractivity contribution is 0.398. The second-order valence-electron chi connectivity index (χ2n) is 4.40. The third-order valence-electron chi connectivity index (χ3n) is 2.61. The maximum absolute atomic E-state index is 11.1. The first-order valence-electron chi connectivity index (χ1n) is 6.37. The summed E-state index contributed by atoms with van der Waals surface area (Å²) < 4.78 is 26.5.